The molecule has 0 heterocycles. The lowest BCUT2D eigenvalue weighted by Crippen LogP contribution is -2.25. The number of hydrogen-bond donors (Lipinski definition) is 2. The second-order valence-corrected chi connectivity index (χ2v) is 5.04. The monoisotopic (exact) mass is 289 g/mol. The average molecular weight is 289 g/mol. The van der Waals surface area contributed by atoms with Crippen LogP contribution in [0.5, 0.6) is 0 Å². The van der Waals surface area contributed by atoms with Crippen LogP contribution in [0.2, 0.25) is 0 Å². The van der Waals surface area contributed by atoms with Gasteiger partial charge in [-0.1, -0.05) is 19.4 Å². The van der Waals surface area contributed by atoms with E-state index in [0.29, 0.717) is 6.54 Å². The zero-order chi connectivity index (χ0) is 14.8. The molecule has 106 valence electrons. The van der Waals surface area contributed by atoms with Crippen LogP contribution in [0.15, 0.2) is 40.9 Å². The Labute approximate surface area is 124 Å². The van der Waals surface area contributed by atoms with Crippen LogP contribution in [0.25, 0.3) is 0 Å². The molecular weight excluding hydrogens is 270 g/mol. The topological polar surface area (TPSA) is 64.9 Å². The SMILES string of the molecule is CCCCNC(=O)/C(C#N)=C\Nc1cccc(SC)c1. The Hall–Kier alpha value is -1.93. The summed E-state index contributed by atoms with van der Waals surface area (Å²) in [5, 5.41) is 14.7. The van der Waals surface area contributed by atoms with E-state index in [0.717, 1.165) is 23.4 Å². The molecule has 0 saturated carbocycles. The summed E-state index contributed by atoms with van der Waals surface area (Å²) < 4.78 is 0. The van der Waals surface area contributed by atoms with Gasteiger partial charge in [0, 0.05) is 23.3 Å². The molecule has 20 heavy (non-hydrogen) atoms. The fourth-order valence-corrected chi connectivity index (χ4v) is 1.95. The van der Waals surface area contributed by atoms with Gasteiger partial charge in [-0.25, -0.2) is 0 Å². The van der Waals surface area contributed by atoms with Gasteiger partial charge in [-0.15, -0.1) is 11.8 Å². The summed E-state index contributed by atoms with van der Waals surface area (Å²) in [6.07, 6.45) is 5.36. The van der Waals surface area contributed by atoms with Gasteiger partial charge in [0.2, 0.25) is 0 Å². The highest BCUT2D eigenvalue weighted by atomic mass is 32.2. The molecule has 0 aromatic heterocycles. The Balaban J connectivity index is 2.65. The van der Waals surface area contributed by atoms with Crippen molar-refractivity contribution < 1.29 is 4.79 Å². The molecule has 0 saturated heterocycles. The number of nitriles is 1. The van der Waals surface area contributed by atoms with Crippen LogP contribution in [0, 0.1) is 11.3 Å². The summed E-state index contributed by atoms with van der Waals surface area (Å²) in [5.41, 5.74) is 0.932. The van der Waals surface area contributed by atoms with Gasteiger partial charge in [0.1, 0.15) is 11.6 Å². The van der Waals surface area contributed by atoms with E-state index in [1.54, 1.807) is 11.8 Å². The van der Waals surface area contributed by atoms with E-state index in [9.17, 15) is 4.79 Å². The van der Waals surface area contributed by atoms with Crippen molar-refractivity contribution in [2.45, 2.75) is 24.7 Å². The first-order chi connectivity index (χ1) is 9.71. The minimum atomic E-state index is -0.338. The lowest BCUT2D eigenvalue weighted by Gasteiger charge is -2.05. The average Bonchev–Trinajstić information content (AvgIpc) is 2.48. The second-order valence-electron chi connectivity index (χ2n) is 4.16. The van der Waals surface area contributed by atoms with Crippen molar-refractivity contribution in [1.29, 1.82) is 5.26 Å². The summed E-state index contributed by atoms with van der Waals surface area (Å²) in [4.78, 5) is 12.9. The van der Waals surface area contributed by atoms with Crippen molar-refractivity contribution in [2.75, 3.05) is 18.1 Å². The van der Waals surface area contributed by atoms with Crippen molar-refractivity contribution in [2.24, 2.45) is 0 Å². The highest BCUT2D eigenvalue weighted by Gasteiger charge is 2.07. The zero-order valence-electron chi connectivity index (χ0n) is 11.8. The molecule has 0 atom stereocenters. The van der Waals surface area contributed by atoms with Gasteiger partial charge in [0.05, 0.1) is 0 Å². The van der Waals surface area contributed by atoms with Crippen LogP contribution >= 0.6 is 11.8 Å². The number of benzene rings is 1. The van der Waals surface area contributed by atoms with Crippen molar-refractivity contribution in [1.82, 2.24) is 5.32 Å². The Morgan fingerprint density at radius 2 is 2.30 bits per heavy atom. The Morgan fingerprint density at radius 1 is 1.50 bits per heavy atom. The first-order valence-corrected chi connectivity index (χ1v) is 7.72. The van der Waals surface area contributed by atoms with Gasteiger partial charge in [-0.05, 0) is 30.9 Å². The molecule has 1 aromatic carbocycles. The standard InChI is InChI=1S/C15H19N3OS/c1-3-4-8-17-15(19)12(10-16)11-18-13-6-5-7-14(9-13)20-2/h5-7,9,11,18H,3-4,8H2,1-2H3,(H,17,19)/b12-11-. The molecule has 1 aromatic rings. The molecule has 0 fully saturated rings. The van der Waals surface area contributed by atoms with Crippen molar-refractivity contribution in [3.63, 3.8) is 0 Å². The number of carbonyl (C=O) groups excluding carboxylic acids is 1. The molecular formula is C15H19N3OS. The number of nitrogens with zero attached hydrogens (tertiary/aromatic N) is 1. The van der Waals surface area contributed by atoms with Gasteiger partial charge in [-0.3, -0.25) is 4.79 Å². The summed E-state index contributed by atoms with van der Waals surface area (Å²) in [7, 11) is 0. The minimum Gasteiger partial charge on any atom is -0.360 e. The molecule has 0 aliphatic carbocycles. The fraction of sp³-hybridized carbons (Fsp3) is 0.333. The van der Waals surface area contributed by atoms with Crippen molar-refractivity contribution in [3.8, 4) is 6.07 Å². The maximum absolute atomic E-state index is 11.7. The van der Waals surface area contributed by atoms with E-state index in [4.69, 9.17) is 5.26 Å². The predicted octanol–water partition coefficient (Wildman–Crippen LogP) is 3.14. The third kappa shape index (κ3) is 5.37. The number of nitrogens with one attached hydrogen (secondary N) is 2. The van der Waals surface area contributed by atoms with Crippen LogP contribution in [0.4, 0.5) is 5.69 Å². The molecule has 0 aliphatic rings. The Kier molecular flexibility index (Phi) is 7.30. The van der Waals surface area contributed by atoms with Crippen LogP contribution in [-0.4, -0.2) is 18.7 Å². The van der Waals surface area contributed by atoms with Gasteiger partial charge in [-0.2, -0.15) is 5.26 Å². The predicted molar refractivity (Wildman–Crippen MR) is 83.5 cm³/mol. The summed E-state index contributed by atoms with van der Waals surface area (Å²) in [6, 6.07) is 9.69. The molecule has 0 unspecified atom stereocenters. The summed E-state index contributed by atoms with van der Waals surface area (Å²) >= 11 is 1.64. The Morgan fingerprint density at radius 3 is 2.95 bits per heavy atom. The van der Waals surface area contributed by atoms with E-state index in [1.165, 1.54) is 6.20 Å². The van der Waals surface area contributed by atoms with Gasteiger partial charge >= 0.3 is 0 Å². The van der Waals surface area contributed by atoms with Crippen molar-refractivity contribution in [3.05, 3.63) is 36.0 Å². The minimum absolute atomic E-state index is 0.0793. The molecule has 0 radical (unpaired) electrons. The van der Waals surface area contributed by atoms with E-state index in [2.05, 4.69) is 10.6 Å². The molecule has 0 spiro atoms. The van der Waals surface area contributed by atoms with E-state index < -0.39 is 0 Å². The normalized spacial score (nSPS) is 10.8. The number of rotatable bonds is 7. The van der Waals surface area contributed by atoms with Gasteiger partial charge in [0.15, 0.2) is 0 Å². The van der Waals surface area contributed by atoms with Gasteiger partial charge < -0.3 is 10.6 Å². The third-order valence-electron chi connectivity index (χ3n) is 2.63. The maximum atomic E-state index is 11.7. The van der Waals surface area contributed by atoms with Crippen LogP contribution in [0.1, 0.15) is 19.8 Å². The number of anilines is 1. The summed E-state index contributed by atoms with van der Waals surface area (Å²) in [5.74, 6) is -0.338. The zero-order valence-corrected chi connectivity index (χ0v) is 12.6. The number of amides is 1. The largest absolute Gasteiger partial charge is 0.360 e. The maximum Gasteiger partial charge on any atom is 0.263 e. The lowest BCUT2D eigenvalue weighted by atomic mass is 10.2. The molecule has 2 N–H and O–H groups in total. The number of thioether (sulfide) groups is 1. The molecule has 0 bridgehead atoms. The Bertz CT molecular complexity index is 520. The van der Waals surface area contributed by atoms with Gasteiger partial charge in [0.25, 0.3) is 5.91 Å². The first-order valence-electron chi connectivity index (χ1n) is 6.50. The molecule has 1 rings (SSSR count). The van der Waals surface area contributed by atoms with E-state index in [1.807, 2.05) is 43.5 Å². The third-order valence-corrected chi connectivity index (χ3v) is 3.36. The van der Waals surface area contributed by atoms with Crippen LogP contribution in [-0.2, 0) is 4.79 Å². The lowest BCUT2D eigenvalue weighted by molar-refractivity contribution is -0.117. The quantitative estimate of drug-likeness (QED) is 0.350. The number of hydrogen-bond acceptors (Lipinski definition) is 4. The van der Waals surface area contributed by atoms with E-state index in [-0.39, 0.29) is 11.5 Å². The van der Waals surface area contributed by atoms with Crippen molar-refractivity contribution >= 4 is 23.4 Å². The molecule has 4 nitrogen and oxygen atoms in total. The fourth-order valence-electron chi connectivity index (χ4n) is 1.49. The summed E-state index contributed by atoms with van der Waals surface area (Å²) in [6.45, 7) is 2.64. The number of carbonyl (C=O) groups is 1. The molecule has 5 heteroatoms. The highest BCUT2D eigenvalue weighted by molar-refractivity contribution is 7.98. The van der Waals surface area contributed by atoms with E-state index >= 15 is 0 Å². The van der Waals surface area contributed by atoms with Crippen LogP contribution in [0.3, 0.4) is 0 Å². The smallest absolute Gasteiger partial charge is 0.263 e. The number of unbranched alkanes of at least 4 members (excludes halogenated alkanes) is 1. The molecule has 0 aliphatic heterocycles. The highest BCUT2D eigenvalue weighted by Crippen LogP contribution is 2.19. The molecule has 1 amide bonds. The van der Waals surface area contributed by atoms with Crippen LogP contribution < -0.4 is 10.6 Å². The second kappa shape index (κ2) is 9.05. The first kappa shape index (κ1) is 16.1.